The van der Waals surface area contributed by atoms with Gasteiger partial charge in [0.05, 0.1) is 35.5 Å². The normalized spacial score (nSPS) is 10.6. The third-order valence-corrected chi connectivity index (χ3v) is 6.37. The van der Waals surface area contributed by atoms with E-state index in [4.69, 9.17) is 28.7 Å². The zero-order chi connectivity index (χ0) is 24.8. The molecule has 0 N–H and O–H groups in total. The number of thiazole rings is 1. The van der Waals surface area contributed by atoms with Crippen LogP contribution in [0.4, 0.5) is 5.13 Å². The number of rotatable bonds is 11. The summed E-state index contributed by atoms with van der Waals surface area (Å²) >= 11 is 1.38. The second kappa shape index (κ2) is 12.7. The largest absolute Gasteiger partial charge is 0.495 e. The molecule has 35 heavy (non-hydrogen) atoms. The molecule has 1 amide bonds. The summed E-state index contributed by atoms with van der Waals surface area (Å²) < 4.78 is 28.1. The van der Waals surface area contributed by atoms with Crippen molar-refractivity contribution in [3.05, 3.63) is 29.8 Å². The minimum absolute atomic E-state index is 0. The lowest BCUT2D eigenvalue weighted by Gasteiger charge is -2.22. The van der Waals surface area contributed by atoms with Gasteiger partial charge in [0, 0.05) is 12.1 Å². The molecule has 11 heteroatoms. The van der Waals surface area contributed by atoms with Crippen LogP contribution in [0.1, 0.15) is 16.8 Å². The van der Waals surface area contributed by atoms with E-state index in [9.17, 15) is 4.79 Å². The first-order valence-electron chi connectivity index (χ1n) is 10.7. The lowest BCUT2D eigenvalue weighted by molar-refractivity contribution is 0.0985. The van der Waals surface area contributed by atoms with Crippen LogP contribution in [0.3, 0.4) is 0 Å². The van der Waals surface area contributed by atoms with Gasteiger partial charge in [-0.05, 0) is 51.3 Å². The zero-order valence-electron chi connectivity index (χ0n) is 21.0. The van der Waals surface area contributed by atoms with Crippen LogP contribution in [0.5, 0.6) is 28.7 Å². The molecule has 0 bridgehead atoms. The van der Waals surface area contributed by atoms with Gasteiger partial charge in [0.1, 0.15) is 21.7 Å². The van der Waals surface area contributed by atoms with Gasteiger partial charge in [0.2, 0.25) is 5.75 Å². The van der Waals surface area contributed by atoms with E-state index >= 15 is 0 Å². The summed E-state index contributed by atoms with van der Waals surface area (Å²) in [4.78, 5) is 22.3. The minimum atomic E-state index is -0.227. The fourth-order valence-corrected chi connectivity index (χ4v) is 4.68. The number of fused-ring (bicyclic) bond motifs is 1. The summed E-state index contributed by atoms with van der Waals surface area (Å²) in [5, 5.41) is 0.551. The molecule has 1 heterocycles. The third-order valence-electron chi connectivity index (χ3n) is 5.27. The minimum Gasteiger partial charge on any atom is -0.495 e. The molecular weight excluding hydrogens is 494 g/mol. The molecule has 0 aliphatic heterocycles. The van der Waals surface area contributed by atoms with Crippen LogP contribution < -0.4 is 28.6 Å². The van der Waals surface area contributed by atoms with Gasteiger partial charge in [-0.15, -0.1) is 12.4 Å². The SMILES string of the molecule is COc1cc(C(=O)N(CCCN(C)C)c2nc3c(OC)ccc(OC)c3s2)cc(OC)c1OC.Cl. The second-order valence-electron chi connectivity index (χ2n) is 7.67. The standard InChI is InChI=1S/C24H31N3O6S.ClH/c1-26(2)11-8-12-27(23(28)15-13-18(31-5)21(33-7)19(14-15)32-6)24-25-20-16(29-3)9-10-17(30-4)22(20)34-24;/h9-10,13-14H,8,11-12H2,1-7H3;1H. The van der Waals surface area contributed by atoms with Crippen molar-refractivity contribution in [2.75, 3.05) is 67.6 Å². The van der Waals surface area contributed by atoms with Gasteiger partial charge < -0.3 is 28.6 Å². The average molecular weight is 526 g/mol. The molecule has 0 aliphatic carbocycles. The molecular formula is C24H32ClN3O6S. The van der Waals surface area contributed by atoms with Crippen molar-refractivity contribution in [2.24, 2.45) is 0 Å². The molecule has 9 nitrogen and oxygen atoms in total. The molecule has 0 atom stereocenters. The summed E-state index contributed by atoms with van der Waals surface area (Å²) in [6.07, 6.45) is 0.757. The molecule has 0 unspecified atom stereocenters. The van der Waals surface area contributed by atoms with Crippen LogP contribution in [0.15, 0.2) is 24.3 Å². The van der Waals surface area contributed by atoms with Crippen LogP contribution in [0.2, 0.25) is 0 Å². The fraction of sp³-hybridized carbons (Fsp3) is 0.417. The predicted molar refractivity (Wildman–Crippen MR) is 141 cm³/mol. The lowest BCUT2D eigenvalue weighted by Crippen LogP contribution is -2.33. The summed E-state index contributed by atoms with van der Waals surface area (Å²) in [5.41, 5.74) is 1.05. The highest BCUT2D eigenvalue weighted by Gasteiger charge is 2.26. The topological polar surface area (TPSA) is 82.6 Å². The average Bonchev–Trinajstić information content (AvgIpc) is 3.29. The van der Waals surface area contributed by atoms with Crippen LogP contribution in [-0.4, -0.2) is 78.5 Å². The van der Waals surface area contributed by atoms with E-state index < -0.39 is 0 Å². The Morgan fingerprint density at radius 1 is 0.857 bits per heavy atom. The molecule has 192 valence electrons. The number of amides is 1. The second-order valence-corrected chi connectivity index (χ2v) is 8.65. The number of hydrogen-bond donors (Lipinski definition) is 0. The van der Waals surface area contributed by atoms with Crippen LogP contribution in [0, 0.1) is 0 Å². The van der Waals surface area contributed by atoms with Crippen molar-refractivity contribution in [1.29, 1.82) is 0 Å². The summed E-state index contributed by atoms with van der Waals surface area (Å²) in [7, 11) is 11.8. The van der Waals surface area contributed by atoms with Gasteiger partial charge in [-0.25, -0.2) is 4.98 Å². The van der Waals surface area contributed by atoms with E-state index in [-0.39, 0.29) is 18.3 Å². The van der Waals surface area contributed by atoms with Gasteiger partial charge >= 0.3 is 0 Å². The van der Waals surface area contributed by atoms with Gasteiger partial charge in [0.25, 0.3) is 5.91 Å². The van der Waals surface area contributed by atoms with Crippen molar-refractivity contribution in [2.45, 2.75) is 6.42 Å². The monoisotopic (exact) mass is 525 g/mol. The van der Waals surface area contributed by atoms with E-state index in [2.05, 4.69) is 4.90 Å². The van der Waals surface area contributed by atoms with Gasteiger partial charge in [-0.2, -0.15) is 0 Å². The van der Waals surface area contributed by atoms with Gasteiger partial charge in [-0.3, -0.25) is 9.69 Å². The van der Waals surface area contributed by atoms with Crippen LogP contribution in [0.25, 0.3) is 10.2 Å². The van der Waals surface area contributed by atoms with E-state index in [0.29, 0.717) is 51.5 Å². The highest BCUT2D eigenvalue weighted by Crippen LogP contribution is 2.42. The quantitative estimate of drug-likeness (QED) is 0.365. The zero-order valence-corrected chi connectivity index (χ0v) is 22.7. The molecule has 2 aromatic carbocycles. The van der Waals surface area contributed by atoms with E-state index in [1.165, 1.54) is 32.7 Å². The number of carbonyl (C=O) groups is 1. The van der Waals surface area contributed by atoms with Crippen LogP contribution >= 0.6 is 23.7 Å². The van der Waals surface area contributed by atoms with Gasteiger partial charge in [-0.1, -0.05) is 11.3 Å². The van der Waals surface area contributed by atoms with E-state index in [0.717, 1.165) is 17.7 Å². The highest BCUT2D eigenvalue weighted by atomic mass is 35.5. The first-order chi connectivity index (χ1) is 16.4. The molecule has 0 saturated carbocycles. The fourth-order valence-electron chi connectivity index (χ4n) is 3.58. The number of methoxy groups -OCH3 is 5. The first-order valence-corrected chi connectivity index (χ1v) is 11.5. The Morgan fingerprint density at radius 3 is 1.94 bits per heavy atom. The van der Waals surface area contributed by atoms with Crippen molar-refractivity contribution >= 4 is 45.0 Å². The Kier molecular flexibility index (Phi) is 10.2. The molecule has 3 rings (SSSR count). The number of hydrogen-bond acceptors (Lipinski definition) is 9. The Labute approximate surface area is 215 Å². The summed E-state index contributed by atoms with van der Waals surface area (Å²) in [5.74, 6) is 2.31. The summed E-state index contributed by atoms with van der Waals surface area (Å²) in [6.45, 7) is 1.29. The van der Waals surface area contributed by atoms with E-state index in [1.54, 1.807) is 31.3 Å². The molecule has 3 aromatic rings. The van der Waals surface area contributed by atoms with Crippen molar-refractivity contribution in [1.82, 2.24) is 9.88 Å². The molecule has 0 radical (unpaired) electrons. The Morgan fingerprint density at radius 2 is 1.43 bits per heavy atom. The van der Waals surface area contributed by atoms with Crippen LogP contribution in [-0.2, 0) is 0 Å². The molecule has 1 aromatic heterocycles. The number of ether oxygens (including phenoxy) is 5. The number of anilines is 1. The summed E-state index contributed by atoms with van der Waals surface area (Å²) in [6, 6.07) is 6.94. The van der Waals surface area contributed by atoms with Crippen molar-refractivity contribution in [3.63, 3.8) is 0 Å². The highest BCUT2D eigenvalue weighted by molar-refractivity contribution is 7.22. The van der Waals surface area contributed by atoms with E-state index in [1.807, 2.05) is 26.2 Å². The van der Waals surface area contributed by atoms with Gasteiger partial charge in [0.15, 0.2) is 16.6 Å². The predicted octanol–water partition coefficient (Wildman–Crippen LogP) is 4.36. The first kappa shape index (κ1) is 28.3. The number of nitrogens with zero attached hydrogens (tertiary/aromatic N) is 3. The Hall–Kier alpha value is -2.95. The maximum Gasteiger partial charge on any atom is 0.260 e. The molecule has 0 spiro atoms. The molecule has 0 aliphatic rings. The molecule has 0 saturated heterocycles. The lowest BCUT2D eigenvalue weighted by atomic mass is 10.1. The Balaban J connectivity index is 0.00000432. The van der Waals surface area contributed by atoms with Crippen molar-refractivity contribution in [3.8, 4) is 28.7 Å². The number of carbonyl (C=O) groups excluding carboxylic acids is 1. The number of halogens is 1. The number of benzene rings is 2. The van der Waals surface area contributed by atoms with Crippen molar-refractivity contribution < 1.29 is 28.5 Å². The number of aromatic nitrogens is 1. The maximum atomic E-state index is 13.8. The third kappa shape index (κ3) is 6.01. The smallest absolute Gasteiger partial charge is 0.260 e. The molecule has 0 fully saturated rings. The Bertz CT molecular complexity index is 1090. The maximum absolute atomic E-state index is 13.8.